The SMILES string of the molecule is FC(F)(F)c1nc(Cl)c2ccccc2n1. The molecule has 1 aromatic carbocycles. The highest BCUT2D eigenvalue weighted by Gasteiger charge is 2.35. The molecule has 1 heterocycles. The molecule has 0 unspecified atom stereocenters. The molecule has 0 aliphatic carbocycles. The zero-order valence-electron chi connectivity index (χ0n) is 7.22. The van der Waals surface area contributed by atoms with Crippen LogP contribution in [-0.4, -0.2) is 9.97 Å². The first-order valence-electron chi connectivity index (χ1n) is 3.98. The van der Waals surface area contributed by atoms with E-state index in [-0.39, 0.29) is 10.7 Å². The van der Waals surface area contributed by atoms with Gasteiger partial charge in [0.2, 0.25) is 5.82 Å². The maximum Gasteiger partial charge on any atom is 0.451 e. The highest BCUT2D eigenvalue weighted by molar-refractivity contribution is 6.34. The number of rotatable bonds is 0. The Balaban J connectivity index is 2.73. The van der Waals surface area contributed by atoms with Crippen LogP contribution in [0.5, 0.6) is 0 Å². The van der Waals surface area contributed by atoms with Crippen LogP contribution < -0.4 is 0 Å². The first kappa shape index (κ1) is 10.2. The van der Waals surface area contributed by atoms with Crippen molar-refractivity contribution in [3.05, 3.63) is 35.2 Å². The van der Waals surface area contributed by atoms with Gasteiger partial charge >= 0.3 is 6.18 Å². The van der Waals surface area contributed by atoms with Crippen molar-refractivity contribution < 1.29 is 13.2 Å². The van der Waals surface area contributed by atoms with Crippen molar-refractivity contribution in [3.8, 4) is 0 Å². The first-order chi connectivity index (χ1) is 6.98. The van der Waals surface area contributed by atoms with Gasteiger partial charge in [-0.3, -0.25) is 0 Å². The molecule has 1 aromatic heterocycles. The Morgan fingerprint density at radius 2 is 1.73 bits per heavy atom. The second kappa shape index (κ2) is 3.34. The Morgan fingerprint density at radius 1 is 1.07 bits per heavy atom. The van der Waals surface area contributed by atoms with Crippen LogP contribution in [-0.2, 0) is 6.18 Å². The Bertz CT molecular complexity index is 510. The van der Waals surface area contributed by atoms with Gasteiger partial charge in [0.1, 0.15) is 5.15 Å². The minimum Gasteiger partial charge on any atom is -0.224 e. The summed E-state index contributed by atoms with van der Waals surface area (Å²) in [5.41, 5.74) is 0.185. The molecule has 2 aromatic rings. The van der Waals surface area contributed by atoms with Crippen LogP contribution in [0.3, 0.4) is 0 Å². The summed E-state index contributed by atoms with van der Waals surface area (Å²) < 4.78 is 36.9. The number of benzene rings is 1. The lowest BCUT2D eigenvalue weighted by Crippen LogP contribution is -2.11. The minimum atomic E-state index is -4.58. The van der Waals surface area contributed by atoms with Crippen LogP contribution in [0.1, 0.15) is 5.82 Å². The van der Waals surface area contributed by atoms with E-state index < -0.39 is 12.0 Å². The summed E-state index contributed by atoms with van der Waals surface area (Å²) in [7, 11) is 0. The van der Waals surface area contributed by atoms with Gasteiger partial charge < -0.3 is 0 Å². The molecule has 0 aliphatic heterocycles. The minimum absolute atomic E-state index is 0.185. The van der Waals surface area contributed by atoms with E-state index in [1.165, 1.54) is 6.07 Å². The quantitative estimate of drug-likeness (QED) is 0.652. The van der Waals surface area contributed by atoms with Gasteiger partial charge in [-0.05, 0) is 12.1 Å². The van der Waals surface area contributed by atoms with Gasteiger partial charge in [-0.1, -0.05) is 23.7 Å². The maximum atomic E-state index is 12.3. The van der Waals surface area contributed by atoms with Crippen molar-refractivity contribution >= 4 is 22.5 Å². The Labute approximate surface area is 87.7 Å². The van der Waals surface area contributed by atoms with E-state index in [0.29, 0.717) is 5.39 Å². The molecular weight excluding hydrogens is 229 g/mol. The van der Waals surface area contributed by atoms with Gasteiger partial charge in [0, 0.05) is 5.39 Å². The van der Waals surface area contributed by atoms with Crippen molar-refractivity contribution in [2.45, 2.75) is 6.18 Å². The highest BCUT2D eigenvalue weighted by atomic mass is 35.5. The third kappa shape index (κ3) is 1.87. The Morgan fingerprint density at radius 3 is 2.40 bits per heavy atom. The van der Waals surface area contributed by atoms with Crippen LogP contribution in [0, 0.1) is 0 Å². The second-order valence-electron chi connectivity index (χ2n) is 2.85. The molecule has 0 radical (unpaired) electrons. The van der Waals surface area contributed by atoms with Crippen molar-refractivity contribution in [2.75, 3.05) is 0 Å². The summed E-state index contributed by atoms with van der Waals surface area (Å²) in [6, 6.07) is 6.27. The van der Waals surface area contributed by atoms with Crippen LogP contribution in [0.15, 0.2) is 24.3 Å². The fraction of sp³-hybridized carbons (Fsp3) is 0.111. The fourth-order valence-corrected chi connectivity index (χ4v) is 1.40. The highest BCUT2D eigenvalue weighted by Crippen LogP contribution is 2.29. The van der Waals surface area contributed by atoms with E-state index in [0.717, 1.165) is 0 Å². The number of para-hydroxylation sites is 1. The summed E-state index contributed by atoms with van der Waals surface area (Å²) in [5, 5.41) is 0.222. The summed E-state index contributed by atoms with van der Waals surface area (Å²) in [6.45, 7) is 0. The van der Waals surface area contributed by atoms with Crippen molar-refractivity contribution in [2.24, 2.45) is 0 Å². The third-order valence-electron chi connectivity index (χ3n) is 1.81. The topological polar surface area (TPSA) is 25.8 Å². The summed E-state index contributed by atoms with van der Waals surface area (Å²) in [4.78, 5) is 6.59. The van der Waals surface area contributed by atoms with E-state index in [1.807, 2.05) is 0 Å². The number of fused-ring (bicyclic) bond motifs is 1. The molecule has 0 atom stereocenters. The van der Waals surface area contributed by atoms with E-state index >= 15 is 0 Å². The molecule has 78 valence electrons. The molecule has 0 fully saturated rings. The smallest absolute Gasteiger partial charge is 0.224 e. The van der Waals surface area contributed by atoms with E-state index in [4.69, 9.17) is 11.6 Å². The summed E-state index contributed by atoms with van der Waals surface area (Å²) in [6.07, 6.45) is -4.58. The van der Waals surface area contributed by atoms with Gasteiger partial charge in [-0.15, -0.1) is 0 Å². The lowest BCUT2D eigenvalue weighted by molar-refractivity contribution is -0.144. The average molecular weight is 233 g/mol. The molecule has 2 rings (SSSR count). The number of hydrogen-bond donors (Lipinski definition) is 0. The third-order valence-corrected chi connectivity index (χ3v) is 2.10. The van der Waals surface area contributed by atoms with Gasteiger partial charge in [0.05, 0.1) is 5.52 Å². The number of aromatic nitrogens is 2. The lowest BCUT2D eigenvalue weighted by atomic mass is 10.2. The monoisotopic (exact) mass is 232 g/mol. The zero-order valence-corrected chi connectivity index (χ0v) is 7.97. The van der Waals surface area contributed by atoms with Gasteiger partial charge in [-0.2, -0.15) is 13.2 Å². The van der Waals surface area contributed by atoms with Crippen molar-refractivity contribution in [1.82, 2.24) is 9.97 Å². The second-order valence-corrected chi connectivity index (χ2v) is 3.21. The van der Waals surface area contributed by atoms with Crippen molar-refractivity contribution in [3.63, 3.8) is 0 Å². The number of halogens is 4. The number of nitrogens with zero attached hydrogens (tertiary/aromatic N) is 2. The molecule has 6 heteroatoms. The van der Waals surface area contributed by atoms with E-state index in [9.17, 15) is 13.2 Å². The van der Waals surface area contributed by atoms with Crippen LogP contribution in [0.2, 0.25) is 5.15 Å². The molecule has 0 spiro atoms. The first-order valence-corrected chi connectivity index (χ1v) is 4.36. The zero-order chi connectivity index (χ0) is 11.1. The van der Waals surface area contributed by atoms with Gasteiger partial charge in [0.15, 0.2) is 0 Å². The van der Waals surface area contributed by atoms with Crippen LogP contribution in [0.25, 0.3) is 10.9 Å². The molecule has 0 saturated heterocycles. The number of hydrogen-bond acceptors (Lipinski definition) is 2. The molecule has 0 amide bonds. The van der Waals surface area contributed by atoms with Crippen molar-refractivity contribution in [1.29, 1.82) is 0 Å². The molecule has 0 saturated carbocycles. The van der Waals surface area contributed by atoms with Gasteiger partial charge in [0.25, 0.3) is 0 Å². The fourth-order valence-electron chi connectivity index (χ4n) is 1.16. The molecular formula is C9H4ClF3N2. The van der Waals surface area contributed by atoms with Crippen LogP contribution >= 0.6 is 11.6 Å². The summed E-state index contributed by atoms with van der Waals surface area (Å²) in [5.74, 6) is -1.22. The molecule has 15 heavy (non-hydrogen) atoms. The molecule has 0 aliphatic rings. The molecule has 2 nitrogen and oxygen atoms in total. The standard InChI is InChI=1S/C9H4ClF3N2/c10-7-5-3-1-2-4-6(5)14-8(15-7)9(11,12)13/h1-4H. The van der Waals surface area contributed by atoms with E-state index in [2.05, 4.69) is 9.97 Å². The Kier molecular flexibility index (Phi) is 2.26. The predicted molar refractivity (Wildman–Crippen MR) is 49.6 cm³/mol. The number of alkyl halides is 3. The normalized spacial score (nSPS) is 12.0. The molecule has 0 N–H and O–H groups in total. The predicted octanol–water partition coefficient (Wildman–Crippen LogP) is 3.30. The summed E-state index contributed by atoms with van der Waals surface area (Å²) >= 11 is 5.62. The Hall–Kier alpha value is -1.36. The average Bonchev–Trinajstić information content (AvgIpc) is 2.16. The van der Waals surface area contributed by atoms with Crippen LogP contribution in [0.4, 0.5) is 13.2 Å². The largest absolute Gasteiger partial charge is 0.451 e. The maximum absolute atomic E-state index is 12.3. The van der Waals surface area contributed by atoms with E-state index in [1.54, 1.807) is 18.2 Å². The molecule has 0 bridgehead atoms. The van der Waals surface area contributed by atoms with Gasteiger partial charge in [-0.25, -0.2) is 9.97 Å². The lowest BCUT2D eigenvalue weighted by Gasteiger charge is -2.06.